The lowest BCUT2D eigenvalue weighted by molar-refractivity contribution is 0.0736. The number of fused-ring (bicyclic) bond motifs is 1. The van der Waals surface area contributed by atoms with Gasteiger partial charge in [-0.05, 0) is 23.6 Å². The summed E-state index contributed by atoms with van der Waals surface area (Å²) in [6.07, 6.45) is 2.27. The molecule has 0 bridgehead atoms. The van der Waals surface area contributed by atoms with Crippen LogP contribution in [-0.4, -0.2) is 33.2 Å². The Morgan fingerprint density at radius 1 is 1.24 bits per heavy atom. The molecule has 3 aromatic rings. The first-order valence-electron chi connectivity index (χ1n) is 7.73. The van der Waals surface area contributed by atoms with Crippen molar-refractivity contribution in [1.82, 2.24) is 14.9 Å². The zero-order valence-corrected chi connectivity index (χ0v) is 14.8. The molecule has 0 spiro atoms. The van der Waals surface area contributed by atoms with Crippen LogP contribution in [0.15, 0.2) is 41.2 Å². The maximum atomic E-state index is 12.5. The first-order chi connectivity index (χ1) is 12.2. The van der Waals surface area contributed by atoms with Gasteiger partial charge in [0.05, 0.1) is 17.8 Å². The highest BCUT2D eigenvalue weighted by atomic mass is 32.1. The first-order valence-corrected chi connectivity index (χ1v) is 9.49. The minimum atomic E-state index is -0.280. The molecular formula is C17H14N4O2S2. The molecule has 6 nitrogen and oxygen atoms in total. The van der Waals surface area contributed by atoms with Crippen LogP contribution in [0.1, 0.15) is 31.4 Å². The molecule has 0 radical (unpaired) electrons. The Bertz CT molecular complexity index is 906. The second kappa shape index (κ2) is 6.73. The van der Waals surface area contributed by atoms with Crippen LogP contribution >= 0.6 is 22.7 Å². The molecule has 2 amide bonds. The summed E-state index contributed by atoms with van der Waals surface area (Å²) in [5.74, 6) is -0.239. The standard InChI is InChI=1S/C17H14N4O2S2/c22-15(13-3-1-2-6-18-13)20-17-19-12-4-7-21(9-14(12)25-17)16(23)11-5-8-24-10-11/h1-3,5-6,8,10H,4,7,9H2,(H,19,20,22). The van der Waals surface area contributed by atoms with Crippen molar-refractivity contribution in [2.75, 3.05) is 11.9 Å². The van der Waals surface area contributed by atoms with E-state index in [1.807, 2.05) is 21.7 Å². The third-order valence-corrected chi connectivity index (χ3v) is 5.59. The van der Waals surface area contributed by atoms with E-state index in [-0.39, 0.29) is 11.8 Å². The minimum Gasteiger partial charge on any atom is -0.333 e. The van der Waals surface area contributed by atoms with Crippen LogP contribution in [0.4, 0.5) is 5.13 Å². The zero-order valence-electron chi connectivity index (χ0n) is 13.1. The van der Waals surface area contributed by atoms with Gasteiger partial charge in [-0.2, -0.15) is 11.3 Å². The van der Waals surface area contributed by atoms with Gasteiger partial charge in [-0.15, -0.1) is 0 Å². The Morgan fingerprint density at radius 3 is 2.92 bits per heavy atom. The molecule has 0 fully saturated rings. The lowest BCUT2D eigenvalue weighted by Gasteiger charge is -2.25. The van der Waals surface area contributed by atoms with Crippen molar-refractivity contribution in [3.63, 3.8) is 0 Å². The van der Waals surface area contributed by atoms with Crippen molar-refractivity contribution in [2.24, 2.45) is 0 Å². The minimum absolute atomic E-state index is 0.0411. The van der Waals surface area contributed by atoms with E-state index in [1.54, 1.807) is 24.4 Å². The number of nitrogens with one attached hydrogen (secondary N) is 1. The number of hydrogen-bond acceptors (Lipinski definition) is 6. The average Bonchev–Trinajstić information content (AvgIpc) is 3.30. The molecule has 4 heterocycles. The fraction of sp³-hybridized carbons (Fsp3) is 0.176. The third kappa shape index (κ3) is 3.31. The van der Waals surface area contributed by atoms with Gasteiger partial charge in [0.25, 0.3) is 11.8 Å². The molecule has 0 unspecified atom stereocenters. The number of pyridine rings is 1. The molecular weight excluding hydrogens is 356 g/mol. The van der Waals surface area contributed by atoms with Gasteiger partial charge in [-0.25, -0.2) is 4.98 Å². The smallest absolute Gasteiger partial charge is 0.276 e. The summed E-state index contributed by atoms with van der Waals surface area (Å²) >= 11 is 2.93. The van der Waals surface area contributed by atoms with Crippen molar-refractivity contribution in [3.05, 3.63) is 63.1 Å². The van der Waals surface area contributed by atoms with Crippen LogP contribution in [0.3, 0.4) is 0 Å². The van der Waals surface area contributed by atoms with Gasteiger partial charge in [-0.3, -0.25) is 19.9 Å². The van der Waals surface area contributed by atoms with Crippen molar-refractivity contribution in [2.45, 2.75) is 13.0 Å². The summed E-state index contributed by atoms with van der Waals surface area (Å²) in [7, 11) is 0. The molecule has 126 valence electrons. The van der Waals surface area contributed by atoms with Gasteiger partial charge < -0.3 is 4.90 Å². The van der Waals surface area contributed by atoms with Crippen LogP contribution in [0.2, 0.25) is 0 Å². The topological polar surface area (TPSA) is 75.2 Å². The first kappa shape index (κ1) is 15.9. The number of rotatable bonds is 3. The fourth-order valence-corrected chi connectivity index (χ4v) is 4.30. The van der Waals surface area contributed by atoms with Crippen LogP contribution in [-0.2, 0) is 13.0 Å². The van der Waals surface area contributed by atoms with Crippen molar-refractivity contribution >= 4 is 39.6 Å². The maximum absolute atomic E-state index is 12.5. The molecule has 1 N–H and O–H groups in total. The highest BCUT2D eigenvalue weighted by Gasteiger charge is 2.25. The quantitative estimate of drug-likeness (QED) is 0.769. The Kier molecular flexibility index (Phi) is 4.29. The average molecular weight is 370 g/mol. The Balaban J connectivity index is 1.47. The van der Waals surface area contributed by atoms with E-state index in [4.69, 9.17) is 0 Å². The normalized spacial score (nSPS) is 13.4. The van der Waals surface area contributed by atoms with E-state index in [2.05, 4.69) is 15.3 Å². The van der Waals surface area contributed by atoms with Crippen LogP contribution in [0.25, 0.3) is 0 Å². The third-order valence-electron chi connectivity index (χ3n) is 3.90. The predicted octanol–water partition coefficient (Wildman–Crippen LogP) is 3.05. The number of carbonyl (C=O) groups excluding carboxylic acids is 2. The number of hydrogen-bond donors (Lipinski definition) is 1. The Hall–Kier alpha value is -2.58. The number of nitrogens with zero attached hydrogens (tertiary/aromatic N) is 3. The van der Waals surface area contributed by atoms with Gasteiger partial charge in [0.2, 0.25) is 0 Å². The van der Waals surface area contributed by atoms with Crippen LogP contribution in [0, 0.1) is 0 Å². The molecule has 1 aliphatic heterocycles. The van der Waals surface area contributed by atoms with Gasteiger partial charge in [0.1, 0.15) is 5.69 Å². The predicted molar refractivity (Wildman–Crippen MR) is 97.1 cm³/mol. The van der Waals surface area contributed by atoms with Crippen molar-refractivity contribution < 1.29 is 9.59 Å². The molecule has 8 heteroatoms. The summed E-state index contributed by atoms with van der Waals surface area (Å²) < 4.78 is 0. The van der Waals surface area contributed by atoms with Gasteiger partial charge in [0, 0.05) is 29.4 Å². The SMILES string of the molecule is O=C(Nc1nc2c(s1)CN(C(=O)c1ccsc1)CC2)c1ccccn1. The lowest BCUT2D eigenvalue weighted by Crippen LogP contribution is -2.35. The molecule has 0 atom stereocenters. The van der Waals surface area contributed by atoms with E-state index in [0.717, 1.165) is 16.1 Å². The molecule has 0 saturated heterocycles. The largest absolute Gasteiger partial charge is 0.333 e. The van der Waals surface area contributed by atoms with Gasteiger partial charge in [0.15, 0.2) is 5.13 Å². The molecule has 25 heavy (non-hydrogen) atoms. The maximum Gasteiger partial charge on any atom is 0.276 e. The number of aromatic nitrogens is 2. The second-order valence-electron chi connectivity index (χ2n) is 5.55. The van der Waals surface area contributed by atoms with Gasteiger partial charge >= 0.3 is 0 Å². The molecule has 3 aromatic heterocycles. The van der Waals surface area contributed by atoms with E-state index in [0.29, 0.717) is 30.3 Å². The molecule has 1 aliphatic rings. The Morgan fingerprint density at radius 2 is 2.16 bits per heavy atom. The highest BCUT2D eigenvalue weighted by molar-refractivity contribution is 7.15. The molecule has 0 aliphatic carbocycles. The summed E-state index contributed by atoms with van der Waals surface area (Å²) in [6.45, 7) is 1.17. The lowest BCUT2D eigenvalue weighted by atomic mass is 10.1. The zero-order chi connectivity index (χ0) is 17.2. The van der Waals surface area contributed by atoms with Crippen molar-refractivity contribution in [1.29, 1.82) is 0 Å². The van der Waals surface area contributed by atoms with E-state index in [1.165, 1.54) is 22.7 Å². The summed E-state index contributed by atoms with van der Waals surface area (Å²) in [4.78, 5) is 36.0. The molecule has 4 rings (SSSR count). The summed E-state index contributed by atoms with van der Waals surface area (Å²) in [6, 6.07) is 7.03. The Labute approximate surface area is 152 Å². The monoisotopic (exact) mass is 370 g/mol. The number of carbonyl (C=O) groups is 2. The molecule has 0 aromatic carbocycles. The number of amides is 2. The van der Waals surface area contributed by atoms with E-state index in [9.17, 15) is 9.59 Å². The van der Waals surface area contributed by atoms with Crippen LogP contribution in [0.5, 0.6) is 0 Å². The molecule has 0 saturated carbocycles. The van der Waals surface area contributed by atoms with Gasteiger partial charge in [-0.1, -0.05) is 17.4 Å². The van der Waals surface area contributed by atoms with E-state index < -0.39 is 0 Å². The highest BCUT2D eigenvalue weighted by Crippen LogP contribution is 2.29. The van der Waals surface area contributed by atoms with Crippen molar-refractivity contribution in [3.8, 4) is 0 Å². The number of anilines is 1. The fourth-order valence-electron chi connectivity index (χ4n) is 2.65. The second-order valence-corrected chi connectivity index (χ2v) is 7.41. The van der Waals surface area contributed by atoms with E-state index >= 15 is 0 Å². The summed E-state index contributed by atoms with van der Waals surface area (Å²) in [5.41, 5.74) is 2.03. The number of thiazole rings is 1. The number of thiophene rings is 1. The van der Waals surface area contributed by atoms with Crippen LogP contribution < -0.4 is 5.32 Å². The summed E-state index contributed by atoms with van der Waals surface area (Å²) in [5, 5.41) is 7.11.